The second kappa shape index (κ2) is 6.12. The Bertz CT molecular complexity index is 730. The average molecular weight is 340 g/mol. The number of nitro benzene ring substituents is 1. The molecule has 0 radical (unpaired) electrons. The minimum absolute atomic E-state index is 0.0100. The van der Waals surface area contributed by atoms with Crippen molar-refractivity contribution in [3.05, 3.63) is 38.8 Å². The number of benzene rings is 1. The van der Waals surface area contributed by atoms with Crippen LogP contribution in [-0.4, -0.2) is 42.8 Å². The first-order chi connectivity index (χ1) is 10.3. The number of hydrogen-bond donors (Lipinski definition) is 2. The third kappa shape index (κ3) is 3.07. The van der Waals surface area contributed by atoms with Crippen molar-refractivity contribution in [3.8, 4) is 5.75 Å². The van der Waals surface area contributed by atoms with Crippen LogP contribution in [0.25, 0.3) is 6.08 Å². The van der Waals surface area contributed by atoms with Gasteiger partial charge in [-0.2, -0.15) is 0 Å². The summed E-state index contributed by atoms with van der Waals surface area (Å²) in [6.07, 6.45) is 1.13. The van der Waals surface area contributed by atoms with E-state index in [2.05, 4.69) is 0 Å². The first-order valence-electron chi connectivity index (χ1n) is 5.74. The number of nitro groups is 1. The SMILES string of the molecule is O=C(O)CN1C(=O)/C(=C/c2c(O)cccc2[N+](=O)[O-])SC1=S. The van der Waals surface area contributed by atoms with E-state index in [1.807, 2.05) is 0 Å². The lowest BCUT2D eigenvalue weighted by Crippen LogP contribution is -2.33. The fourth-order valence-corrected chi connectivity index (χ4v) is 2.99. The smallest absolute Gasteiger partial charge is 0.323 e. The van der Waals surface area contributed by atoms with E-state index in [9.17, 15) is 24.8 Å². The first-order valence-corrected chi connectivity index (χ1v) is 6.97. The zero-order valence-corrected chi connectivity index (χ0v) is 12.4. The zero-order valence-electron chi connectivity index (χ0n) is 10.8. The summed E-state index contributed by atoms with van der Waals surface area (Å²) in [6.45, 7) is -0.592. The molecule has 0 saturated carbocycles. The van der Waals surface area contributed by atoms with Crippen LogP contribution in [-0.2, 0) is 9.59 Å². The summed E-state index contributed by atoms with van der Waals surface area (Å²) in [5.41, 5.74) is -0.508. The molecule has 0 bridgehead atoms. The number of aliphatic carboxylic acids is 1. The maximum atomic E-state index is 12.1. The Balaban J connectivity index is 2.43. The molecule has 2 rings (SSSR count). The van der Waals surface area contributed by atoms with E-state index in [-0.39, 0.29) is 26.2 Å². The van der Waals surface area contributed by atoms with Gasteiger partial charge in [0, 0.05) is 6.07 Å². The monoisotopic (exact) mass is 340 g/mol. The van der Waals surface area contributed by atoms with Gasteiger partial charge in [0.2, 0.25) is 0 Å². The molecule has 0 aliphatic carbocycles. The zero-order chi connectivity index (χ0) is 16.4. The van der Waals surface area contributed by atoms with Gasteiger partial charge in [-0.05, 0) is 12.1 Å². The van der Waals surface area contributed by atoms with Crippen molar-refractivity contribution in [1.29, 1.82) is 0 Å². The van der Waals surface area contributed by atoms with Crippen molar-refractivity contribution in [3.63, 3.8) is 0 Å². The molecule has 1 aromatic carbocycles. The van der Waals surface area contributed by atoms with Gasteiger partial charge in [-0.3, -0.25) is 24.6 Å². The van der Waals surface area contributed by atoms with E-state index < -0.39 is 23.3 Å². The van der Waals surface area contributed by atoms with Crippen molar-refractivity contribution < 1.29 is 24.7 Å². The molecular formula is C12H8N2O6S2. The van der Waals surface area contributed by atoms with Gasteiger partial charge < -0.3 is 10.2 Å². The summed E-state index contributed by atoms with van der Waals surface area (Å²) in [5.74, 6) is -2.27. The predicted molar refractivity (Wildman–Crippen MR) is 82.3 cm³/mol. The quantitative estimate of drug-likeness (QED) is 0.367. The summed E-state index contributed by atoms with van der Waals surface area (Å²) < 4.78 is 0.0386. The number of hydrogen-bond acceptors (Lipinski definition) is 7. The van der Waals surface area contributed by atoms with E-state index >= 15 is 0 Å². The maximum Gasteiger partial charge on any atom is 0.323 e. The molecule has 1 heterocycles. The molecule has 2 N–H and O–H groups in total. The van der Waals surface area contributed by atoms with Crippen molar-refractivity contribution in [2.75, 3.05) is 6.54 Å². The van der Waals surface area contributed by atoms with E-state index in [0.717, 1.165) is 22.7 Å². The van der Waals surface area contributed by atoms with Crippen molar-refractivity contribution >= 4 is 51.9 Å². The highest BCUT2D eigenvalue weighted by Gasteiger charge is 2.34. The lowest BCUT2D eigenvalue weighted by molar-refractivity contribution is -0.385. The number of thiocarbonyl (C=S) groups is 1. The number of phenols is 1. The van der Waals surface area contributed by atoms with Gasteiger partial charge in [0.25, 0.3) is 11.6 Å². The topological polar surface area (TPSA) is 121 Å². The Morgan fingerprint density at radius 2 is 2.18 bits per heavy atom. The fraction of sp³-hybridized carbons (Fsp3) is 0.0833. The minimum Gasteiger partial charge on any atom is -0.507 e. The number of rotatable bonds is 4. The number of amides is 1. The fourth-order valence-electron chi connectivity index (χ4n) is 1.75. The van der Waals surface area contributed by atoms with Gasteiger partial charge in [0.15, 0.2) is 0 Å². The molecule has 1 saturated heterocycles. The number of carboxylic acids is 1. The van der Waals surface area contributed by atoms with Crippen molar-refractivity contribution in [1.82, 2.24) is 4.90 Å². The normalized spacial score (nSPS) is 16.4. The van der Waals surface area contributed by atoms with Gasteiger partial charge in [-0.1, -0.05) is 30.0 Å². The number of aromatic hydroxyl groups is 1. The molecule has 1 aromatic rings. The summed E-state index contributed by atoms with van der Waals surface area (Å²) in [5, 5.41) is 29.5. The molecule has 0 aromatic heterocycles. The lowest BCUT2D eigenvalue weighted by atomic mass is 10.1. The van der Waals surface area contributed by atoms with Crippen LogP contribution in [0.3, 0.4) is 0 Å². The average Bonchev–Trinajstić information content (AvgIpc) is 2.68. The number of carboxylic acid groups (broad SMARTS) is 1. The molecule has 1 aliphatic rings. The summed E-state index contributed by atoms with van der Waals surface area (Å²) in [7, 11) is 0. The van der Waals surface area contributed by atoms with E-state index in [0.29, 0.717) is 0 Å². The third-order valence-electron chi connectivity index (χ3n) is 2.70. The van der Waals surface area contributed by atoms with E-state index in [4.69, 9.17) is 17.3 Å². The summed E-state index contributed by atoms with van der Waals surface area (Å²) in [4.78, 5) is 33.9. The van der Waals surface area contributed by atoms with Gasteiger partial charge >= 0.3 is 5.97 Å². The van der Waals surface area contributed by atoms with Gasteiger partial charge in [0.1, 0.15) is 16.6 Å². The molecule has 1 amide bonds. The molecule has 0 unspecified atom stereocenters. The Hall–Kier alpha value is -2.46. The Morgan fingerprint density at radius 3 is 2.77 bits per heavy atom. The molecule has 8 nitrogen and oxygen atoms in total. The molecule has 1 fully saturated rings. The standard InChI is InChI=1S/C12H8N2O6S2/c15-8-3-1-2-7(14(19)20)6(8)4-9-11(18)13(5-10(16)17)12(21)22-9/h1-4,15H,5H2,(H,16,17)/b9-4-. The maximum absolute atomic E-state index is 12.1. The van der Waals surface area contributed by atoms with Gasteiger partial charge in [0.05, 0.1) is 15.4 Å². The highest BCUT2D eigenvalue weighted by Crippen LogP contribution is 2.36. The molecular weight excluding hydrogens is 332 g/mol. The molecule has 114 valence electrons. The van der Waals surface area contributed by atoms with Crippen LogP contribution >= 0.6 is 24.0 Å². The number of phenolic OH excluding ortho intramolecular Hbond substituents is 1. The van der Waals surface area contributed by atoms with Crippen molar-refractivity contribution in [2.45, 2.75) is 0 Å². The van der Waals surface area contributed by atoms with Crippen LogP contribution in [0, 0.1) is 10.1 Å². The minimum atomic E-state index is -1.23. The van der Waals surface area contributed by atoms with Crippen LogP contribution in [0.1, 0.15) is 5.56 Å². The van der Waals surface area contributed by atoms with Crippen LogP contribution in [0.15, 0.2) is 23.1 Å². The molecule has 22 heavy (non-hydrogen) atoms. The first kappa shape index (κ1) is 15.9. The lowest BCUT2D eigenvalue weighted by Gasteiger charge is -2.10. The Morgan fingerprint density at radius 1 is 1.50 bits per heavy atom. The Labute approximate surface area is 133 Å². The largest absolute Gasteiger partial charge is 0.507 e. The summed E-state index contributed by atoms with van der Waals surface area (Å²) >= 11 is 5.73. The predicted octanol–water partition coefficient (Wildman–Crippen LogP) is 1.59. The number of carbonyl (C=O) groups excluding carboxylic acids is 1. The Kier molecular flexibility index (Phi) is 4.43. The second-order valence-corrected chi connectivity index (χ2v) is 5.80. The van der Waals surface area contributed by atoms with E-state index in [1.54, 1.807) is 0 Å². The van der Waals surface area contributed by atoms with Crippen LogP contribution < -0.4 is 0 Å². The highest BCUT2D eigenvalue weighted by atomic mass is 32.2. The van der Waals surface area contributed by atoms with Crippen LogP contribution in [0.4, 0.5) is 5.69 Å². The summed E-state index contributed by atoms with van der Waals surface area (Å²) in [6, 6.07) is 3.74. The molecule has 0 spiro atoms. The van der Waals surface area contributed by atoms with E-state index in [1.165, 1.54) is 18.2 Å². The van der Waals surface area contributed by atoms with Crippen LogP contribution in [0.2, 0.25) is 0 Å². The van der Waals surface area contributed by atoms with Crippen LogP contribution in [0.5, 0.6) is 5.75 Å². The van der Waals surface area contributed by atoms with Gasteiger partial charge in [-0.15, -0.1) is 0 Å². The molecule has 1 aliphatic heterocycles. The second-order valence-electron chi connectivity index (χ2n) is 4.13. The van der Waals surface area contributed by atoms with Crippen molar-refractivity contribution in [2.24, 2.45) is 0 Å². The third-order valence-corrected chi connectivity index (χ3v) is 4.08. The number of carbonyl (C=O) groups is 2. The highest BCUT2D eigenvalue weighted by molar-refractivity contribution is 8.26. The number of nitrogens with zero attached hydrogens (tertiary/aromatic N) is 2. The molecule has 10 heteroatoms. The number of thioether (sulfide) groups is 1. The van der Waals surface area contributed by atoms with Gasteiger partial charge in [-0.25, -0.2) is 0 Å². The molecule has 0 atom stereocenters.